The van der Waals surface area contributed by atoms with Crippen molar-refractivity contribution in [3.8, 4) is 0 Å². The normalized spacial score (nSPS) is 11.2. The molecule has 0 saturated heterocycles. The fraction of sp³-hybridized carbons (Fsp3) is 0.227. The first-order valence-corrected chi connectivity index (χ1v) is 11.6. The molecule has 8 nitrogen and oxygen atoms in total. The van der Waals surface area contributed by atoms with Gasteiger partial charge in [0, 0.05) is 17.3 Å². The third-order valence-corrected chi connectivity index (χ3v) is 7.42. The van der Waals surface area contributed by atoms with Gasteiger partial charge in [0.15, 0.2) is 5.78 Å². The molecule has 10 heteroatoms. The summed E-state index contributed by atoms with van der Waals surface area (Å²) < 4.78 is 2.18. The van der Waals surface area contributed by atoms with Crippen molar-refractivity contribution >= 4 is 44.9 Å². The van der Waals surface area contributed by atoms with Gasteiger partial charge in [-0.05, 0) is 25.0 Å². The molecule has 0 saturated carbocycles. The van der Waals surface area contributed by atoms with Crippen molar-refractivity contribution in [3.63, 3.8) is 0 Å². The van der Waals surface area contributed by atoms with Crippen LogP contribution in [0.4, 0.5) is 5.82 Å². The average molecular weight is 468 g/mol. The highest BCUT2D eigenvalue weighted by atomic mass is 32.2. The third kappa shape index (κ3) is 3.87. The van der Waals surface area contributed by atoms with Gasteiger partial charge in [-0.25, -0.2) is 14.8 Å². The van der Waals surface area contributed by atoms with Crippen LogP contribution in [0.5, 0.6) is 0 Å². The minimum Gasteiger partial charge on any atom is -0.384 e. The van der Waals surface area contributed by atoms with Crippen molar-refractivity contribution in [2.45, 2.75) is 25.4 Å². The summed E-state index contributed by atoms with van der Waals surface area (Å²) >= 11 is 2.81. The maximum Gasteiger partial charge on any atom is 0.332 e. The summed E-state index contributed by atoms with van der Waals surface area (Å²) in [4.78, 5) is 49.1. The van der Waals surface area contributed by atoms with Crippen molar-refractivity contribution in [2.24, 2.45) is 7.05 Å². The van der Waals surface area contributed by atoms with Crippen molar-refractivity contribution in [1.82, 2.24) is 19.1 Å². The van der Waals surface area contributed by atoms with Crippen LogP contribution in [0.15, 0.2) is 51.3 Å². The van der Waals surface area contributed by atoms with Crippen LogP contribution in [-0.4, -0.2) is 30.6 Å². The number of carbonyl (C=O) groups is 1. The number of rotatable bonds is 6. The van der Waals surface area contributed by atoms with E-state index in [0.717, 1.165) is 30.8 Å². The minimum atomic E-state index is -0.696. The van der Waals surface area contributed by atoms with Crippen LogP contribution in [0.1, 0.15) is 26.4 Å². The zero-order valence-electron chi connectivity index (χ0n) is 17.8. The fourth-order valence-electron chi connectivity index (χ4n) is 3.43. The highest BCUT2D eigenvalue weighted by molar-refractivity contribution is 8.00. The number of nitrogens with zero attached hydrogens (tertiary/aromatic N) is 4. The van der Waals surface area contributed by atoms with Crippen LogP contribution in [-0.2, 0) is 13.6 Å². The quantitative estimate of drug-likeness (QED) is 0.264. The van der Waals surface area contributed by atoms with E-state index < -0.39 is 17.0 Å². The lowest BCUT2D eigenvalue weighted by atomic mass is 10.2. The zero-order valence-corrected chi connectivity index (χ0v) is 19.4. The number of thioether (sulfide) groups is 1. The van der Waals surface area contributed by atoms with Gasteiger partial charge >= 0.3 is 5.69 Å². The SMILES string of the molecule is Cc1sc2ncnc(SCC(=O)c3c(N)n(Cc4ccccc4)c(=O)n(C)c3=O)c2c1C. The molecular formula is C22H21N5O3S2. The molecule has 3 heterocycles. The van der Waals surface area contributed by atoms with Gasteiger partial charge in [0.1, 0.15) is 27.6 Å². The summed E-state index contributed by atoms with van der Waals surface area (Å²) in [5.74, 6) is -0.613. The molecular weight excluding hydrogens is 446 g/mol. The second-order valence-electron chi connectivity index (χ2n) is 7.33. The number of carbonyl (C=O) groups excluding carboxylic acids is 1. The highest BCUT2D eigenvalue weighted by Gasteiger charge is 2.22. The van der Waals surface area contributed by atoms with Crippen molar-refractivity contribution < 1.29 is 4.79 Å². The van der Waals surface area contributed by atoms with E-state index in [2.05, 4.69) is 9.97 Å². The van der Waals surface area contributed by atoms with Gasteiger partial charge in [-0.15, -0.1) is 11.3 Å². The van der Waals surface area contributed by atoms with Crippen LogP contribution in [0, 0.1) is 13.8 Å². The monoisotopic (exact) mass is 467 g/mol. The Morgan fingerprint density at radius 3 is 2.59 bits per heavy atom. The van der Waals surface area contributed by atoms with Gasteiger partial charge in [-0.3, -0.25) is 18.7 Å². The Balaban J connectivity index is 1.69. The predicted molar refractivity (Wildman–Crippen MR) is 128 cm³/mol. The molecule has 4 aromatic rings. The van der Waals surface area contributed by atoms with E-state index in [9.17, 15) is 14.4 Å². The van der Waals surface area contributed by atoms with Crippen molar-refractivity contribution in [2.75, 3.05) is 11.5 Å². The number of nitrogen functional groups attached to an aromatic ring is 1. The molecule has 0 unspecified atom stereocenters. The first-order valence-electron chi connectivity index (χ1n) is 9.79. The van der Waals surface area contributed by atoms with E-state index >= 15 is 0 Å². The summed E-state index contributed by atoms with van der Waals surface area (Å²) in [6, 6.07) is 9.25. The number of anilines is 1. The molecule has 32 heavy (non-hydrogen) atoms. The Bertz CT molecular complexity index is 1450. The van der Waals surface area contributed by atoms with E-state index in [0.29, 0.717) is 5.03 Å². The molecule has 0 aliphatic heterocycles. The molecule has 0 radical (unpaired) electrons. The van der Waals surface area contributed by atoms with Crippen LogP contribution < -0.4 is 17.0 Å². The maximum atomic E-state index is 13.1. The minimum absolute atomic E-state index is 0.0383. The zero-order chi connectivity index (χ0) is 23.0. The van der Waals surface area contributed by atoms with Crippen molar-refractivity contribution in [1.29, 1.82) is 0 Å². The number of thiophene rings is 1. The molecule has 0 spiro atoms. The topological polar surface area (TPSA) is 113 Å². The Morgan fingerprint density at radius 1 is 1.16 bits per heavy atom. The van der Waals surface area contributed by atoms with Crippen LogP contribution in [0.2, 0.25) is 0 Å². The maximum absolute atomic E-state index is 13.1. The average Bonchev–Trinajstić information content (AvgIpc) is 3.08. The van der Waals surface area contributed by atoms with Gasteiger partial charge in [0.2, 0.25) is 0 Å². The largest absolute Gasteiger partial charge is 0.384 e. The Labute approximate surface area is 191 Å². The molecule has 164 valence electrons. The van der Waals surface area contributed by atoms with E-state index in [1.54, 1.807) is 11.3 Å². The molecule has 1 aromatic carbocycles. The lowest BCUT2D eigenvalue weighted by Crippen LogP contribution is -2.43. The third-order valence-electron chi connectivity index (χ3n) is 5.32. The Kier molecular flexibility index (Phi) is 5.98. The standard InChI is InChI=1S/C22H21N5O3S2/c1-12-13(2)32-20-16(12)19(24-11-25-20)31-10-15(28)17-18(23)27(22(30)26(3)21(17)29)9-14-7-5-4-6-8-14/h4-8,11H,9-10,23H2,1-3H3. The smallest absolute Gasteiger partial charge is 0.332 e. The molecule has 0 atom stereocenters. The summed E-state index contributed by atoms with van der Waals surface area (Å²) in [6.45, 7) is 4.17. The second-order valence-corrected chi connectivity index (χ2v) is 9.50. The number of aryl methyl sites for hydroxylation is 2. The van der Waals surface area contributed by atoms with E-state index in [-0.39, 0.29) is 23.7 Å². The summed E-state index contributed by atoms with van der Waals surface area (Å²) in [5.41, 5.74) is 6.65. The number of benzene rings is 1. The van der Waals surface area contributed by atoms with Gasteiger partial charge in [0.25, 0.3) is 5.56 Å². The predicted octanol–water partition coefficient (Wildman–Crippen LogP) is 2.77. The lowest BCUT2D eigenvalue weighted by Gasteiger charge is -2.14. The molecule has 0 aliphatic carbocycles. The molecule has 0 fully saturated rings. The molecule has 2 N–H and O–H groups in total. The summed E-state index contributed by atoms with van der Waals surface area (Å²) in [7, 11) is 1.35. The molecule has 0 aliphatic rings. The highest BCUT2D eigenvalue weighted by Crippen LogP contribution is 2.34. The van der Waals surface area contributed by atoms with Crippen LogP contribution in [0.3, 0.4) is 0 Å². The summed E-state index contributed by atoms with van der Waals surface area (Å²) in [5, 5.41) is 1.60. The first-order chi connectivity index (χ1) is 15.3. The fourth-order valence-corrected chi connectivity index (χ4v) is 5.42. The Hall–Kier alpha value is -3.24. The number of Topliss-reactive ketones (excluding diaryl/α,β-unsaturated/α-hetero) is 1. The second kappa shape index (κ2) is 8.71. The first kappa shape index (κ1) is 22.0. The van der Waals surface area contributed by atoms with Gasteiger partial charge in [-0.2, -0.15) is 0 Å². The number of nitrogens with two attached hydrogens (primary N) is 1. The van der Waals surface area contributed by atoms with Gasteiger partial charge in [-0.1, -0.05) is 42.1 Å². The molecule has 0 bridgehead atoms. The molecule has 4 rings (SSSR count). The molecule has 0 amide bonds. The lowest BCUT2D eigenvalue weighted by molar-refractivity contribution is 0.102. The summed E-state index contributed by atoms with van der Waals surface area (Å²) in [6.07, 6.45) is 1.47. The van der Waals surface area contributed by atoms with Crippen LogP contribution >= 0.6 is 23.1 Å². The number of ketones is 1. The Morgan fingerprint density at radius 2 is 1.88 bits per heavy atom. The van der Waals surface area contributed by atoms with Crippen molar-refractivity contribution in [3.05, 3.63) is 79.1 Å². The van der Waals surface area contributed by atoms with E-state index in [4.69, 9.17) is 5.73 Å². The van der Waals surface area contributed by atoms with E-state index in [1.165, 1.54) is 29.7 Å². The number of fused-ring (bicyclic) bond motifs is 1. The number of hydrogen-bond donors (Lipinski definition) is 1. The number of hydrogen-bond acceptors (Lipinski definition) is 8. The van der Waals surface area contributed by atoms with Crippen LogP contribution in [0.25, 0.3) is 10.2 Å². The van der Waals surface area contributed by atoms with Gasteiger partial charge in [0.05, 0.1) is 12.3 Å². The molecule has 3 aromatic heterocycles. The number of aromatic nitrogens is 4. The van der Waals surface area contributed by atoms with Gasteiger partial charge < -0.3 is 5.73 Å². The van der Waals surface area contributed by atoms with E-state index in [1.807, 2.05) is 44.2 Å².